The van der Waals surface area contributed by atoms with Gasteiger partial charge in [0.1, 0.15) is 5.78 Å². The van der Waals surface area contributed by atoms with Crippen molar-refractivity contribution in [3.63, 3.8) is 0 Å². The molecule has 0 atom stereocenters. The Morgan fingerprint density at radius 1 is 1.36 bits per heavy atom. The van der Waals surface area contributed by atoms with Gasteiger partial charge in [-0.3, -0.25) is 4.79 Å². The Bertz CT molecular complexity index is 341. The molecule has 0 N–H and O–H groups in total. The predicted octanol–water partition coefficient (Wildman–Crippen LogP) is 3.22. The van der Waals surface area contributed by atoms with E-state index in [1.54, 1.807) is 0 Å². The highest BCUT2D eigenvalue weighted by Gasteiger charge is 2.03. The second-order valence-corrected chi connectivity index (χ2v) is 4.33. The maximum absolute atomic E-state index is 11.2. The fourth-order valence-electron chi connectivity index (χ4n) is 1.20. The number of ketones is 1. The lowest BCUT2D eigenvalue weighted by Crippen LogP contribution is -2.03. The van der Waals surface area contributed by atoms with E-state index in [1.165, 1.54) is 0 Å². The van der Waals surface area contributed by atoms with Crippen LogP contribution in [0.25, 0.3) is 0 Å². The van der Waals surface area contributed by atoms with Gasteiger partial charge >= 0.3 is 0 Å². The Morgan fingerprint density at radius 2 is 2.00 bits per heavy atom. The first-order valence-corrected chi connectivity index (χ1v) is 6.21. The van der Waals surface area contributed by atoms with Crippen molar-refractivity contribution in [3.05, 3.63) is 29.3 Å². The van der Waals surface area contributed by atoms with Gasteiger partial charge in [-0.2, -0.15) is 0 Å². The van der Waals surface area contributed by atoms with Gasteiger partial charge in [-0.25, -0.2) is 0 Å². The van der Waals surface area contributed by atoms with Crippen molar-refractivity contribution in [1.29, 1.82) is 0 Å². The van der Waals surface area contributed by atoms with Gasteiger partial charge in [0.15, 0.2) is 0 Å². The van der Waals surface area contributed by atoms with Crippen molar-refractivity contribution in [1.82, 2.24) is 0 Å². The molecule has 0 fully saturated rings. The van der Waals surface area contributed by atoms with Crippen LogP contribution in [0.15, 0.2) is 23.1 Å². The third-order valence-electron chi connectivity index (χ3n) is 1.74. The molecule has 1 aromatic carbocycles. The Labute approximate surface area is 102 Å². The molecule has 1 rings (SSSR count). The highest BCUT2D eigenvalue weighted by atomic mass is 79.9. The molecule has 4 heteroatoms. The highest BCUT2D eigenvalue weighted by Crippen LogP contribution is 2.16. The third kappa shape index (κ3) is 3.64. The molecule has 0 aliphatic heterocycles. The second-order valence-electron chi connectivity index (χ2n) is 2.99. The van der Waals surface area contributed by atoms with Gasteiger partial charge in [0.2, 0.25) is 0 Å². The summed E-state index contributed by atoms with van der Waals surface area (Å²) >= 11 is 13.1. The van der Waals surface area contributed by atoms with E-state index in [2.05, 4.69) is 28.6 Å². The smallest absolute Gasteiger partial charge is 0.147 e. The van der Waals surface area contributed by atoms with Crippen LogP contribution in [0.1, 0.15) is 11.1 Å². The largest absolute Gasteiger partial charge is 0.298 e. The molecule has 0 unspecified atom stereocenters. The van der Waals surface area contributed by atoms with E-state index in [0.29, 0.717) is 17.6 Å². The number of halogens is 2. The second kappa shape index (κ2) is 5.79. The number of hydrogen-bond donors (Lipinski definition) is 1. The van der Waals surface area contributed by atoms with E-state index in [-0.39, 0.29) is 5.78 Å². The molecule has 0 aliphatic carbocycles. The molecule has 0 bridgehead atoms. The molecule has 76 valence electrons. The summed E-state index contributed by atoms with van der Waals surface area (Å²) in [6, 6.07) is 5.73. The zero-order valence-corrected chi connectivity index (χ0v) is 10.7. The molecule has 0 spiro atoms. The van der Waals surface area contributed by atoms with E-state index in [1.807, 2.05) is 18.2 Å². The quantitative estimate of drug-likeness (QED) is 0.666. The maximum Gasteiger partial charge on any atom is 0.147 e. The Kier molecular flexibility index (Phi) is 4.99. The maximum atomic E-state index is 11.2. The summed E-state index contributed by atoms with van der Waals surface area (Å²) in [6.07, 6.45) is 0.434. The lowest BCUT2D eigenvalue weighted by atomic mass is 10.1. The van der Waals surface area contributed by atoms with Gasteiger partial charge in [-0.15, -0.1) is 24.2 Å². The van der Waals surface area contributed by atoms with Crippen LogP contribution in [-0.4, -0.2) is 11.1 Å². The summed E-state index contributed by atoms with van der Waals surface area (Å²) in [5, 5.41) is 0.389. The monoisotopic (exact) mass is 292 g/mol. The minimum Gasteiger partial charge on any atom is -0.298 e. The first kappa shape index (κ1) is 12.1. The Hall–Kier alpha value is 0.01000. The SMILES string of the molecule is O=C(CBr)Cc1cc(S)cc(CCl)c1. The zero-order chi connectivity index (χ0) is 10.6. The lowest BCUT2D eigenvalue weighted by Gasteiger charge is -2.03. The van der Waals surface area contributed by atoms with Crippen LogP contribution in [0.4, 0.5) is 0 Å². The standard InChI is InChI=1S/C10H10BrClOS/c11-5-9(13)2-7-1-8(6-12)4-10(14)3-7/h1,3-4,14H,2,5-6H2. The van der Waals surface area contributed by atoms with Crippen LogP contribution < -0.4 is 0 Å². The van der Waals surface area contributed by atoms with E-state index >= 15 is 0 Å². The molecule has 1 aromatic rings. The first-order chi connectivity index (χ1) is 6.65. The number of Topliss-reactive ketones (excluding diaryl/α,β-unsaturated/α-hetero) is 1. The van der Waals surface area contributed by atoms with Crippen LogP contribution in [0.3, 0.4) is 0 Å². The normalized spacial score (nSPS) is 10.2. The third-order valence-corrected chi connectivity index (χ3v) is 2.93. The average molecular weight is 294 g/mol. The van der Waals surface area contributed by atoms with Gasteiger partial charge in [-0.05, 0) is 23.3 Å². The Morgan fingerprint density at radius 3 is 2.57 bits per heavy atom. The summed E-state index contributed by atoms with van der Waals surface area (Å²) in [6.45, 7) is 0. The molecular weight excluding hydrogens is 284 g/mol. The van der Waals surface area contributed by atoms with E-state index < -0.39 is 0 Å². The molecule has 0 saturated carbocycles. The molecular formula is C10H10BrClOS. The van der Waals surface area contributed by atoms with Crippen LogP contribution >= 0.6 is 40.2 Å². The summed E-state index contributed by atoms with van der Waals surface area (Å²) in [5.41, 5.74) is 1.97. The van der Waals surface area contributed by atoms with Crippen LogP contribution in [0.5, 0.6) is 0 Å². The number of carbonyl (C=O) groups excluding carboxylic acids is 1. The highest BCUT2D eigenvalue weighted by molar-refractivity contribution is 9.09. The van der Waals surface area contributed by atoms with Crippen LogP contribution in [0.2, 0.25) is 0 Å². The minimum absolute atomic E-state index is 0.157. The number of hydrogen-bond acceptors (Lipinski definition) is 2. The average Bonchev–Trinajstić information content (AvgIpc) is 2.16. The number of thiol groups is 1. The van der Waals surface area contributed by atoms with Gasteiger partial charge < -0.3 is 0 Å². The lowest BCUT2D eigenvalue weighted by molar-refractivity contribution is -0.115. The molecule has 0 heterocycles. The molecule has 0 radical (unpaired) electrons. The number of alkyl halides is 2. The summed E-state index contributed by atoms with van der Waals surface area (Å²) in [7, 11) is 0. The molecule has 14 heavy (non-hydrogen) atoms. The predicted molar refractivity (Wildman–Crippen MR) is 65.8 cm³/mol. The molecule has 0 saturated heterocycles. The molecule has 1 nitrogen and oxygen atoms in total. The topological polar surface area (TPSA) is 17.1 Å². The molecule has 0 amide bonds. The number of rotatable bonds is 4. The van der Waals surface area contributed by atoms with E-state index in [9.17, 15) is 4.79 Å². The van der Waals surface area contributed by atoms with Gasteiger partial charge in [0, 0.05) is 17.2 Å². The van der Waals surface area contributed by atoms with Gasteiger partial charge in [0.05, 0.1) is 5.33 Å². The van der Waals surface area contributed by atoms with Crippen molar-refractivity contribution in [3.8, 4) is 0 Å². The first-order valence-electron chi connectivity index (χ1n) is 4.11. The zero-order valence-electron chi connectivity index (χ0n) is 7.46. The molecule has 0 aliphatic rings. The van der Waals surface area contributed by atoms with Crippen molar-refractivity contribution < 1.29 is 4.79 Å². The Balaban J connectivity index is 2.86. The van der Waals surface area contributed by atoms with Crippen LogP contribution in [0, 0.1) is 0 Å². The van der Waals surface area contributed by atoms with Crippen molar-refractivity contribution in [2.45, 2.75) is 17.2 Å². The van der Waals surface area contributed by atoms with Gasteiger partial charge in [0.25, 0.3) is 0 Å². The van der Waals surface area contributed by atoms with Crippen molar-refractivity contribution in [2.24, 2.45) is 0 Å². The summed E-state index contributed by atoms with van der Waals surface area (Å²) in [5.74, 6) is 0.605. The van der Waals surface area contributed by atoms with Gasteiger partial charge in [-0.1, -0.05) is 22.0 Å². The van der Waals surface area contributed by atoms with Crippen molar-refractivity contribution >= 4 is 45.9 Å². The number of benzene rings is 1. The summed E-state index contributed by atoms with van der Waals surface area (Å²) < 4.78 is 0. The fraction of sp³-hybridized carbons (Fsp3) is 0.300. The van der Waals surface area contributed by atoms with E-state index in [4.69, 9.17) is 11.6 Å². The minimum atomic E-state index is 0.157. The number of carbonyl (C=O) groups is 1. The molecule has 0 aromatic heterocycles. The van der Waals surface area contributed by atoms with E-state index in [0.717, 1.165) is 16.0 Å². The van der Waals surface area contributed by atoms with Crippen molar-refractivity contribution in [2.75, 3.05) is 5.33 Å². The fourth-order valence-corrected chi connectivity index (χ4v) is 1.88. The van der Waals surface area contributed by atoms with Crippen LogP contribution in [-0.2, 0) is 17.1 Å². The summed E-state index contributed by atoms with van der Waals surface area (Å²) in [4.78, 5) is 12.0.